The zero-order valence-corrected chi connectivity index (χ0v) is 11.9. The summed E-state index contributed by atoms with van der Waals surface area (Å²) in [4.78, 5) is 18.6. The summed E-state index contributed by atoms with van der Waals surface area (Å²) < 4.78 is 0. The highest BCUT2D eigenvalue weighted by atomic mass is 16.2. The minimum atomic E-state index is 0.211. The van der Waals surface area contributed by atoms with Crippen molar-refractivity contribution >= 4 is 5.91 Å². The highest BCUT2D eigenvalue weighted by Gasteiger charge is 2.23. The Kier molecular flexibility index (Phi) is 4.91. The van der Waals surface area contributed by atoms with Gasteiger partial charge in [-0.1, -0.05) is 6.07 Å². The minimum Gasteiger partial charge on any atom is -0.342 e. The number of aromatic nitrogens is 1. The van der Waals surface area contributed by atoms with Gasteiger partial charge in [-0.3, -0.25) is 9.78 Å². The van der Waals surface area contributed by atoms with Crippen LogP contribution in [0.4, 0.5) is 0 Å². The van der Waals surface area contributed by atoms with Crippen molar-refractivity contribution in [2.75, 3.05) is 26.7 Å². The van der Waals surface area contributed by atoms with Crippen molar-refractivity contribution in [3.8, 4) is 0 Å². The number of pyridine rings is 1. The summed E-state index contributed by atoms with van der Waals surface area (Å²) in [5.74, 6) is 0.801. The summed E-state index contributed by atoms with van der Waals surface area (Å²) in [7, 11) is 1.97. The average molecular weight is 261 g/mol. The van der Waals surface area contributed by atoms with Gasteiger partial charge in [0.1, 0.15) is 0 Å². The van der Waals surface area contributed by atoms with E-state index in [0.29, 0.717) is 12.3 Å². The van der Waals surface area contributed by atoms with Gasteiger partial charge in [0.25, 0.3) is 0 Å². The van der Waals surface area contributed by atoms with Crippen LogP contribution in [0.1, 0.15) is 24.1 Å². The molecule has 1 aromatic heterocycles. The highest BCUT2D eigenvalue weighted by Crippen LogP contribution is 2.17. The lowest BCUT2D eigenvalue weighted by Gasteiger charge is -2.32. The largest absolute Gasteiger partial charge is 0.342 e. The van der Waals surface area contributed by atoms with Crippen molar-refractivity contribution in [2.45, 2.75) is 26.2 Å². The molecule has 1 aromatic rings. The van der Waals surface area contributed by atoms with Crippen LogP contribution in [0.5, 0.6) is 0 Å². The second-order valence-electron chi connectivity index (χ2n) is 5.35. The number of hydrogen-bond acceptors (Lipinski definition) is 3. The molecule has 0 aromatic carbocycles. The topological polar surface area (TPSA) is 45.2 Å². The Morgan fingerprint density at radius 3 is 3.16 bits per heavy atom. The lowest BCUT2D eigenvalue weighted by atomic mass is 9.97. The summed E-state index contributed by atoms with van der Waals surface area (Å²) in [6, 6.07) is 3.92. The Bertz CT molecular complexity index is 431. The third-order valence-electron chi connectivity index (χ3n) is 3.80. The lowest BCUT2D eigenvalue weighted by Crippen LogP contribution is -2.43. The minimum absolute atomic E-state index is 0.211. The Morgan fingerprint density at radius 1 is 1.58 bits per heavy atom. The number of carbonyl (C=O) groups is 1. The molecule has 1 amide bonds. The van der Waals surface area contributed by atoms with Crippen molar-refractivity contribution in [2.24, 2.45) is 5.92 Å². The smallest absolute Gasteiger partial charge is 0.228 e. The fourth-order valence-corrected chi connectivity index (χ4v) is 2.71. The number of likely N-dealkylation sites (tertiary alicyclic amines) is 1. The molecule has 0 radical (unpaired) electrons. The highest BCUT2D eigenvalue weighted by molar-refractivity contribution is 5.78. The van der Waals surface area contributed by atoms with Gasteiger partial charge in [0.15, 0.2) is 0 Å². The second kappa shape index (κ2) is 6.66. The van der Waals surface area contributed by atoms with Gasteiger partial charge in [-0.05, 0) is 50.9 Å². The Labute approximate surface area is 115 Å². The van der Waals surface area contributed by atoms with Crippen LogP contribution in [0, 0.1) is 12.8 Å². The molecule has 4 nitrogen and oxygen atoms in total. The molecule has 0 spiro atoms. The predicted octanol–water partition coefficient (Wildman–Crippen LogP) is 1.39. The van der Waals surface area contributed by atoms with Crippen LogP contribution in [-0.4, -0.2) is 42.5 Å². The van der Waals surface area contributed by atoms with Gasteiger partial charge in [0.05, 0.1) is 12.1 Å². The van der Waals surface area contributed by atoms with Gasteiger partial charge in [-0.25, -0.2) is 0 Å². The first-order valence-corrected chi connectivity index (χ1v) is 7.03. The van der Waals surface area contributed by atoms with Crippen LogP contribution in [0.25, 0.3) is 0 Å². The molecule has 0 bridgehead atoms. The molecule has 1 atom stereocenters. The van der Waals surface area contributed by atoms with E-state index >= 15 is 0 Å². The lowest BCUT2D eigenvalue weighted by molar-refractivity contribution is -0.132. The van der Waals surface area contributed by atoms with Crippen molar-refractivity contribution < 1.29 is 4.79 Å². The Hall–Kier alpha value is -1.42. The first-order valence-electron chi connectivity index (χ1n) is 7.03. The molecule has 1 aliphatic rings. The van der Waals surface area contributed by atoms with E-state index in [0.717, 1.165) is 37.3 Å². The molecule has 1 fully saturated rings. The first-order chi connectivity index (χ1) is 9.20. The molecule has 1 aliphatic heterocycles. The summed E-state index contributed by atoms with van der Waals surface area (Å²) in [5.41, 5.74) is 2.00. The SMILES string of the molecule is CNCC1CCCN(C(=O)Cc2ncccc2C)C1. The molecule has 1 N–H and O–H groups in total. The molecule has 1 unspecified atom stereocenters. The molecule has 2 rings (SSSR count). The number of piperidine rings is 1. The number of amides is 1. The first kappa shape index (κ1) is 14.0. The van der Waals surface area contributed by atoms with E-state index < -0.39 is 0 Å². The van der Waals surface area contributed by atoms with E-state index in [9.17, 15) is 4.79 Å². The van der Waals surface area contributed by atoms with Crippen LogP contribution < -0.4 is 5.32 Å². The molecule has 0 aliphatic carbocycles. The molecule has 19 heavy (non-hydrogen) atoms. The van der Waals surface area contributed by atoms with E-state index in [-0.39, 0.29) is 5.91 Å². The molecule has 1 saturated heterocycles. The van der Waals surface area contributed by atoms with Crippen LogP contribution in [0.2, 0.25) is 0 Å². The quantitative estimate of drug-likeness (QED) is 0.891. The standard InChI is InChI=1S/C15H23N3O/c1-12-5-3-7-17-14(12)9-15(19)18-8-4-6-13(11-18)10-16-2/h3,5,7,13,16H,4,6,8-11H2,1-2H3. The number of aryl methyl sites for hydroxylation is 1. The van der Waals surface area contributed by atoms with Crippen LogP contribution >= 0.6 is 0 Å². The van der Waals surface area contributed by atoms with Gasteiger partial charge in [0.2, 0.25) is 5.91 Å². The van der Waals surface area contributed by atoms with E-state index in [1.165, 1.54) is 6.42 Å². The van der Waals surface area contributed by atoms with Crippen molar-refractivity contribution in [1.82, 2.24) is 15.2 Å². The maximum atomic E-state index is 12.3. The van der Waals surface area contributed by atoms with E-state index in [4.69, 9.17) is 0 Å². The van der Waals surface area contributed by atoms with Crippen molar-refractivity contribution in [1.29, 1.82) is 0 Å². The van der Waals surface area contributed by atoms with Crippen molar-refractivity contribution in [3.05, 3.63) is 29.6 Å². The summed E-state index contributed by atoms with van der Waals surface area (Å²) in [5, 5.41) is 3.21. The fourth-order valence-electron chi connectivity index (χ4n) is 2.71. The summed E-state index contributed by atoms with van der Waals surface area (Å²) in [6.07, 6.45) is 4.51. The molecule has 104 valence electrons. The maximum Gasteiger partial charge on any atom is 0.228 e. The maximum absolute atomic E-state index is 12.3. The van der Waals surface area contributed by atoms with Gasteiger partial charge in [-0.2, -0.15) is 0 Å². The molecular weight excluding hydrogens is 238 g/mol. The van der Waals surface area contributed by atoms with Crippen LogP contribution in [-0.2, 0) is 11.2 Å². The fraction of sp³-hybridized carbons (Fsp3) is 0.600. The van der Waals surface area contributed by atoms with Gasteiger partial charge < -0.3 is 10.2 Å². The number of carbonyl (C=O) groups excluding carboxylic acids is 1. The Balaban J connectivity index is 1.94. The average Bonchev–Trinajstić information content (AvgIpc) is 2.42. The van der Waals surface area contributed by atoms with E-state index in [2.05, 4.69) is 10.3 Å². The number of hydrogen-bond donors (Lipinski definition) is 1. The van der Waals surface area contributed by atoms with Gasteiger partial charge >= 0.3 is 0 Å². The normalized spacial score (nSPS) is 19.5. The molecular formula is C15H23N3O. The van der Waals surface area contributed by atoms with Crippen LogP contribution in [0.15, 0.2) is 18.3 Å². The zero-order chi connectivity index (χ0) is 13.7. The predicted molar refractivity (Wildman–Crippen MR) is 75.9 cm³/mol. The van der Waals surface area contributed by atoms with Gasteiger partial charge in [0, 0.05) is 19.3 Å². The third kappa shape index (κ3) is 3.77. The van der Waals surface area contributed by atoms with Crippen molar-refractivity contribution in [3.63, 3.8) is 0 Å². The third-order valence-corrected chi connectivity index (χ3v) is 3.80. The van der Waals surface area contributed by atoms with E-state index in [1.54, 1.807) is 6.20 Å². The second-order valence-corrected chi connectivity index (χ2v) is 5.35. The van der Waals surface area contributed by atoms with Crippen LogP contribution in [0.3, 0.4) is 0 Å². The summed E-state index contributed by atoms with van der Waals surface area (Å²) >= 11 is 0. The number of nitrogens with zero attached hydrogens (tertiary/aromatic N) is 2. The molecule has 0 saturated carbocycles. The number of nitrogens with one attached hydrogen (secondary N) is 1. The molecule has 2 heterocycles. The monoisotopic (exact) mass is 261 g/mol. The summed E-state index contributed by atoms with van der Waals surface area (Å²) in [6.45, 7) is 4.78. The number of rotatable bonds is 4. The molecule has 4 heteroatoms. The zero-order valence-electron chi connectivity index (χ0n) is 11.9. The Morgan fingerprint density at radius 2 is 2.42 bits per heavy atom. The van der Waals surface area contributed by atoms with E-state index in [1.807, 2.05) is 31.0 Å². The van der Waals surface area contributed by atoms with Gasteiger partial charge in [-0.15, -0.1) is 0 Å².